The number of aryl methyl sites for hydroxylation is 1. The molecule has 1 atom stereocenters. The predicted molar refractivity (Wildman–Crippen MR) is 94.4 cm³/mol. The zero-order valence-corrected chi connectivity index (χ0v) is 16.5. The lowest BCUT2D eigenvalue weighted by Gasteiger charge is -2.12. The second-order valence-electron chi connectivity index (χ2n) is 3.61. The van der Waals surface area contributed by atoms with Gasteiger partial charge >= 0.3 is 0 Å². The van der Waals surface area contributed by atoms with Crippen LogP contribution in [-0.2, 0) is 0 Å². The van der Waals surface area contributed by atoms with Crippen LogP contribution in [0, 0.1) is 10.5 Å². The van der Waals surface area contributed by atoms with E-state index < -0.39 is 0 Å². The second-order valence-corrected chi connectivity index (χ2v) is 8.86. The van der Waals surface area contributed by atoms with E-state index in [0.29, 0.717) is 0 Å². The van der Waals surface area contributed by atoms with Crippen molar-refractivity contribution in [2.24, 2.45) is 0 Å². The van der Waals surface area contributed by atoms with Crippen molar-refractivity contribution in [3.05, 3.63) is 52.1 Å². The average Bonchev–Trinajstić information content (AvgIpc) is 2.62. The van der Waals surface area contributed by atoms with Gasteiger partial charge in [-0.15, -0.1) is 11.3 Å². The first-order valence-electron chi connectivity index (χ1n) is 4.84. The molecular formula is C12H8Br3IS. The summed E-state index contributed by atoms with van der Waals surface area (Å²) in [5.41, 5.74) is 2.65. The van der Waals surface area contributed by atoms with Crippen LogP contribution in [0.3, 0.4) is 0 Å². The molecule has 1 aromatic carbocycles. The minimum Gasteiger partial charge on any atom is -0.131 e. The summed E-state index contributed by atoms with van der Waals surface area (Å²) in [5, 5.41) is 0. The first-order valence-corrected chi connectivity index (χ1v) is 9.24. The Labute approximate surface area is 144 Å². The Balaban J connectivity index is 2.43. The number of halogens is 4. The van der Waals surface area contributed by atoms with Crippen LogP contribution in [0.1, 0.15) is 20.8 Å². The van der Waals surface area contributed by atoms with Crippen molar-refractivity contribution in [1.82, 2.24) is 0 Å². The van der Waals surface area contributed by atoms with Crippen LogP contribution in [0.25, 0.3) is 0 Å². The van der Waals surface area contributed by atoms with E-state index in [1.165, 1.54) is 19.6 Å². The van der Waals surface area contributed by atoms with Gasteiger partial charge in [0.05, 0.1) is 8.61 Å². The zero-order valence-electron chi connectivity index (χ0n) is 8.81. The maximum Gasteiger partial charge on any atom is 0.0843 e. The zero-order chi connectivity index (χ0) is 12.6. The van der Waals surface area contributed by atoms with Crippen LogP contribution in [0.4, 0.5) is 0 Å². The van der Waals surface area contributed by atoms with Gasteiger partial charge in [0.1, 0.15) is 0 Å². The normalized spacial score (nSPS) is 12.8. The van der Waals surface area contributed by atoms with Gasteiger partial charge in [0.2, 0.25) is 0 Å². The van der Waals surface area contributed by atoms with Crippen LogP contribution < -0.4 is 0 Å². The van der Waals surface area contributed by atoms with Gasteiger partial charge in [-0.05, 0) is 78.6 Å². The lowest BCUT2D eigenvalue weighted by Crippen LogP contribution is -1.95. The molecule has 1 heterocycles. The molecule has 0 aliphatic heterocycles. The molecule has 0 saturated heterocycles. The standard InChI is InChI=1S/C12H8Br3IS/c1-6-3-2-4-7(11(6)16)10(14)9-5-8(13)12(15)17-9/h2-5,10H,1H3. The molecule has 0 bridgehead atoms. The van der Waals surface area contributed by atoms with Crippen molar-refractivity contribution in [3.63, 3.8) is 0 Å². The summed E-state index contributed by atoms with van der Waals surface area (Å²) in [6.07, 6.45) is 0. The number of benzene rings is 1. The average molecular weight is 551 g/mol. The van der Waals surface area contributed by atoms with E-state index in [9.17, 15) is 0 Å². The van der Waals surface area contributed by atoms with E-state index in [2.05, 4.69) is 102 Å². The highest BCUT2D eigenvalue weighted by Crippen LogP contribution is 2.42. The smallest absolute Gasteiger partial charge is 0.0843 e. The molecule has 0 spiro atoms. The van der Waals surface area contributed by atoms with Gasteiger partial charge in [-0.2, -0.15) is 0 Å². The monoisotopic (exact) mass is 548 g/mol. The van der Waals surface area contributed by atoms with E-state index in [-0.39, 0.29) is 4.83 Å². The Morgan fingerprint density at radius 3 is 2.59 bits per heavy atom. The molecule has 0 nitrogen and oxygen atoms in total. The molecular weight excluding hydrogens is 543 g/mol. The summed E-state index contributed by atoms with van der Waals surface area (Å²) in [5.74, 6) is 0. The summed E-state index contributed by atoms with van der Waals surface area (Å²) in [6, 6.07) is 8.59. The van der Waals surface area contributed by atoms with Crippen LogP contribution in [0.5, 0.6) is 0 Å². The first-order chi connectivity index (χ1) is 8.00. The lowest BCUT2D eigenvalue weighted by atomic mass is 10.1. The highest BCUT2D eigenvalue weighted by atomic mass is 127. The molecule has 90 valence electrons. The molecule has 17 heavy (non-hydrogen) atoms. The molecule has 1 unspecified atom stereocenters. The highest BCUT2D eigenvalue weighted by molar-refractivity contribution is 14.1. The van der Waals surface area contributed by atoms with Gasteiger partial charge in [0, 0.05) is 12.9 Å². The molecule has 2 aromatic rings. The second kappa shape index (κ2) is 6.03. The van der Waals surface area contributed by atoms with E-state index in [0.717, 1.165) is 8.26 Å². The largest absolute Gasteiger partial charge is 0.131 e. The molecule has 2 rings (SSSR count). The summed E-state index contributed by atoms with van der Waals surface area (Å²) >= 11 is 15.0. The number of rotatable bonds is 2. The quantitative estimate of drug-likeness (QED) is 0.289. The topological polar surface area (TPSA) is 0 Å². The van der Waals surface area contributed by atoms with Crippen LogP contribution in [0.2, 0.25) is 0 Å². The first kappa shape index (κ1) is 14.5. The van der Waals surface area contributed by atoms with Crippen LogP contribution in [0.15, 0.2) is 32.5 Å². The van der Waals surface area contributed by atoms with Gasteiger partial charge < -0.3 is 0 Å². The molecule has 0 radical (unpaired) electrons. The van der Waals surface area contributed by atoms with E-state index in [1.54, 1.807) is 11.3 Å². The molecule has 0 amide bonds. The SMILES string of the molecule is Cc1cccc(C(Br)c2cc(Br)c(Br)s2)c1I. The minimum atomic E-state index is 0.252. The summed E-state index contributed by atoms with van der Waals surface area (Å²) in [6.45, 7) is 2.14. The van der Waals surface area contributed by atoms with Gasteiger partial charge in [-0.25, -0.2) is 0 Å². The fraction of sp³-hybridized carbons (Fsp3) is 0.167. The Kier molecular flexibility index (Phi) is 5.14. The van der Waals surface area contributed by atoms with Gasteiger partial charge in [-0.1, -0.05) is 34.1 Å². The van der Waals surface area contributed by atoms with Crippen molar-refractivity contribution in [1.29, 1.82) is 0 Å². The Morgan fingerprint density at radius 1 is 1.29 bits per heavy atom. The van der Waals surface area contributed by atoms with Crippen molar-refractivity contribution < 1.29 is 0 Å². The molecule has 0 N–H and O–H groups in total. The summed E-state index contributed by atoms with van der Waals surface area (Å²) < 4.78 is 3.58. The van der Waals surface area contributed by atoms with E-state index in [1.807, 2.05) is 0 Å². The molecule has 0 fully saturated rings. The summed E-state index contributed by atoms with van der Waals surface area (Å²) in [4.78, 5) is 1.55. The molecule has 5 heteroatoms. The fourth-order valence-corrected chi connectivity index (χ4v) is 5.49. The van der Waals surface area contributed by atoms with Gasteiger partial charge in [-0.3, -0.25) is 0 Å². The fourth-order valence-electron chi connectivity index (χ4n) is 1.51. The maximum absolute atomic E-state index is 3.79. The molecule has 0 aliphatic rings. The third kappa shape index (κ3) is 3.16. The van der Waals surface area contributed by atoms with E-state index in [4.69, 9.17) is 0 Å². The number of thiophene rings is 1. The van der Waals surface area contributed by atoms with Gasteiger partial charge in [0.15, 0.2) is 0 Å². The van der Waals surface area contributed by atoms with Crippen LogP contribution in [-0.4, -0.2) is 0 Å². The Morgan fingerprint density at radius 2 is 2.00 bits per heavy atom. The molecule has 1 aromatic heterocycles. The lowest BCUT2D eigenvalue weighted by molar-refractivity contribution is 1.18. The van der Waals surface area contributed by atoms with Crippen molar-refractivity contribution in [2.75, 3.05) is 0 Å². The highest BCUT2D eigenvalue weighted by Gasteiger charge is 2.17. The van der Waals surface area contributed by atoms with Crippen molar-refractivity contribution in [3.8, 4) is 0 Å². The molecule has 0 saturated carbocycles. The number of alkyl halides is 1. The Bertz CT molecular complexity index is 531. The third-order valence-electron chi connectivity index (χ3n) is 2.41. The number of hydrogen-bond acceptors (Lipinski definition) is 1. The van der Waals surface area contributed by atoms with E-state index >= 15 is 0 Å². The minimum absolute atomic E-state index is 0.252. The van der Waals surface area contributed by atoms with Crippen LogP contribution >= 0.6 is 81.7 Å². The van der Waals surface area contributed by atoms with Crippen molar-refractivity contribution >= 4 is 81.7 Å². The predicted octanol–water partition coefficient (Wildman–Crippen LogP) is 6.67. The Hall–Kier alpha value is 1.09. The molecule has 0 aliphatic carbocycles. The summed E-state index contributed by atoms with van der Waals surface area (Å²) in [7, 11) is 0. The van der Waals surface area contributed by atoms with Gasteiger partial charge in [0.25, 0.3) is 0 Å². The maximum atomic E-state index is 3.79. The number of hydrogen-bond donors (Lipinski definition) is 0. The third-order valence-corrected chi connectivity index (χ3v) is 8.49. The van der Waals surface area contributed by atoms with Crippen molar-refractivity contribution in [2.45, 2.75) is 11.8 Å².